The predicted octanol–water partition coefficient (Wildman–Crippen LogP) is 11.3. The van der Waals surface area contributed by atoms with Crippen LogP contribution in [-0.4, -0.2) is 28.7 Å². The summed E-state index contributed by atoms with van der Waals surface area (Å²) in [6, 6.07) is 61.5. The number of aromatic nitrogens is 6. The highest BCUT2D eigenvalue weighted by atomic mass is 15.3. The maximum atomic E-state index is 5.38. The second-order valence-corrected chi connectivity index (χ2v) is 13.3. The molecular weight excluding hydrogens is 649 g/mol. The number of fused-ring (bicyclic) bond motifs is 8. The molecule has 4 aromatic heterocycles. The smallest absolute Gasteiger partial charge is 0.240 e. The Morgan fingerprint density at radius 1 is 0.321 bits per heavy atom. The molecule has 4 heterocycles. The van der Waals surface area contributed by atoms with Crippen LogP contribution in [0.1, 0.15) is 0 Å². The Morgan fingerprint density at radius 2 is 0.830 bits per heavy atom. The van der Waals surface area contributed by atoms with Gasteiger partial charge in [0.25, 0.3) is 0 Å². The van der Waals surface area contributed by atoms with Crippen LogP contribution in [-0.2, 0) is 0 Å². The quantitative estimate of drug-likeness (QED) is 0.182. The van der Waals surface area contributed by atoms with Crippen LogP contribution in [0.25, 0.3) is 94.6 Å². The van der Waals surface area contributed by atoms with Crippen LogP contribution in [0.3, 0.4) is 0 Å². The fourth-order valence-corrected chi connectivity index (χ4v) is 7.96. The topological polar surface area (TPSA) is 53.5 Å². The third-order valence-corrected chi connectivity index (χ3v) is 10.4. The molecule has 0 saturated heterocycles. The summed E-state index contributed by atoms with van der Waals surface area (Å²) in [5, 5.41) is 5.71. The van der Waals surface area contributed by atoms with Crippen molar-refractivity contribution in [2.45, 2.75) is 0 Å². The van der Waals surface area contributed by atoms with E-state index in [1.165, 1.54) is 0 Å². The fraction of sp³-hybridized carbons (Fsp3) is 0. The average Bonchev–Trinajstić information content (AvgIpc) is 3.92. The second-order valence-electron chi connectivity index (χ2n) is 13.3. The minimum Gasteiger partial charge on any atom is -0.316 e. The minimum atomic E-state index is 0.560. The van der Waals surface area contributed by atoms with Crippen LogP contribution >= 0.6 is 0 Å². The van der Waals surface area contributed by atoms with Gasteiger partial charge in [0.1, 0.15) is 0 Å². The van der Waals surface area contributed by atoms with Crippen molar-refractivity contribution >= 4 is 54.5 Å². The van der Waals surface area contributed by atoms with Gasteiger partial charge in [-0.1, -0.05) is 133 Å². The lowest BCUT2D eigenvalue weighted by molar-refractivity contribution is 0.894. The lowest BCUT2D eigenvalue weighted by Crippen LogP contribution is -2.10. The number of hydrogen-bond acceptors (Lipinski definition) is 3. The zero-order valence-electron chi connectivity index (χ0n) is 28.5. The van der Waals surface area contributed by atoms with E-state index in [2.05, 4.69) is 184 Å². The zero-order chi connectivity index (χ0) is 34.9. The normalized spacial score (nSPS) is 11.8. The van der Waals surface area contributed by atoms with Crippen molar-refractivity contribution in [3.8, 4) is 40.1 Å². The molecule has 0 saturated carbocycles. The Hall–Kier alpha value is -7.31. The van der Waals surface area contributed by atoms with E-state index in [0.717, 1.165) is 76.9 Å². The highest BCUT2D eigenvalue weighted by Gasteiger charge is 2.22. The van der Waals surface area contributed by atoms with Gasteiger partial charge in [-0.25, -0.2) is 0 Å². The summed E-state index contributed by atoms with van der Waals surface area (Å²) in [6.07, 6.45) is 2.15. The van der Waals surface area contributed by atoms with Crippen molar-refractivity contribution in [2.24, 2.45) is 0 Å². The Labute approximate surface area is 304 Å². The maximum absolute atomic E-state index is 5.38. The fourth-order valence-electron chi connectivity index (χ4n) is 7.96. The van der Waals surface area contributed by atoms with Gasteiger partial charge >= 0.3 is 0 Å². The summed E-state index contributed by atoms with van der Waals surface area (Å²) in [7, 11) is 0. The Kier molecular flexibility index (Phi) is 6.45. The van der Waals surface area contributed by atoms with E-state index in [1.54, 1.807) is 0 Å². The van der Waals surface area contributed by atoms with Crippen LogP contribution in [0.5, 0.6) is 0 Å². The zero-order valence-corrected chi connectivity index (χ0v) is 28.5. The van der Waals surface area contributed by atoms with Gasteiger partial charge in [0.05, 0.1) is 27.6 Å². The number of benzene rings is 7. The maximum Gasteiger partial charge on any atom is 0.240 e. The van der Waals surface area contributed by atoms with E-state index in [1.807, 2.05) is 12.1 Å². The molecule has 0 N–H and O–H groups in total. The molecule has 0 spiro atoms. The summed E-state index contributed by atoms with van der Waals surface area (Å²) in [5.74, 6) is 1.73. The van der Waals surface area contributed by atoms with Gasteiger partial charge in [-0.05, 0) is 53.6 Å². The standard InChI is InChI=1S/C47H30N6/c1-3-13-31(14-4-1)32-23-25-33(26-24-32)45-48-46(52-41-20-10-7-17-35(41)36-18-8-11-21-42(36)52)50-47(49-45)53-43-22-12-9-19-37(43)38-27-28-40-39(44(38)53)29-30-51(40)34-15-5-2-6-16-34/h1-30H. The molecule has 0 unspecified atom stereocenters. The molecule has 6 heteroatoms. The molecule has 0 radical (unpaired) electrons. The second kappa shape index (κ2) is 11.6. The van der Waals surface area contributed by atoms with E-state index in [-0.39, 0.29) is 0 Å². The van der Waals surface area contributed by atoms with Crippen molar-refractivity contribution in [1.82, 2.24) is 28.7 Å². The molecule has 0 bridgehead atoms. The Balaban J connectivity index is 1.22. The number of hydrogen-bond donors (Lipinski definition) is 0. The molecule has 7 aromatic carbocycles. The number of rotatable bonds is 5. The average molecular weight is 679 g/mol. The van der Waals surface area contributed by atoms with Crippen molar-refractivity contribution in [3.05, 3.63) is 182 Å². The van der Waals surface area contributed by atoms with E-state index < -0.39 is 0 Å². The lowest BCUT2D eigenvalue weighted by atomic mass is 10.0. The van der Waals surface area contributed by atoms with Crippen molar-refractivity contribution in [1.29, 1.82) is 0 Å². The van der Waals surface area contributed by atoms with Gasteiger partial charge < -0.3 is 4.57 Å². The first-order valence-electron chi connectivity index (χ1n) is 17.8. The Morgan fingerprint density at radius 3 is 1.49 bits per heavy atom. The highest BCUT2D eigenvalue weighted by Crippen LogP contribution is 2.38. The minimum absolute atomic E-state index is 0.560. The third-order valence-electron chi connectivity index (χ3n) is 10.4. The van der Waals surface area contributed by atoms with E-state index >= 15 is 0 Å². The number of nitrogens with zero attached hydrogens (tertiary/aromatic N) is 6. The molecule has 248 valence electrons. The molecule has 11 aromatic rings. The molecule has 53 heavy (non-hydrogen) atoms. The summed E-state index contributed by atoms with van der Waals surface area (Å²) in [5.41, 5.74) is 9.62. The molecule has 0 atom stereocenters. The van der Waals surface area contributed by atoms with Gasteiger partial charge in [0.15, 0.2) is 5.82 Å². The first-order valence-corrected chi connectivity index (χ1v) is 17.8. The van der Waals surface area contributed by atoms with Gasteiger partial charge in [0.2, 0.25) is 11.9 Å². The molecule has 0 fully saturated rings. The molecular formula is C47H30N6. The van der Waals surface area contributed by atoms with E-state index in [0.29, 0.717) is 17.7 Å². The first-order chi connectivity index (χ1) is 26.3. The summed E-state index contributed by atoms with van der Waals surface area (Å²) >= 11 is 0. The van der Waals surface area contributed by atoms with Crippen LogP contribution < -0.4 is 0 Å². The molecule has 0 amide bonds. The van der Waals surface area contributed by atoms with Gasteiger partial charge in [0, 0.05) is 44.4 Å². The molecule has 6 nitrogen and oxygen atoms in total. The van der Waals surface area contributed by atoms with Gasteiger partial charge in [-0.15, -0.1) is 0 Å². The van der Waals surface area contributed by atoms with Crippen molar-refractivity contribution in [3.63, 3.8) is 0 Å². The number of para-hydroxylation sites is 4. The molecule has 11 rings (SSSR count). The Bertz CT molecular complexity index is 3100. The van der Waals surface area contributed by atoms with Crippen LogP contribution in [0.2, 0.25) is 0 Å². The van der Waals surface area contributed by atoms with Crippen molar-refractivity contribution < 1.29 is 0 Å². The lowest BCUT2D eigenvalue weighted by Gasteiger charge is -2.13. The van der Waals surface area contributed by atoms with E-state index in [9.17, 15) is 0 Å². The van der Waals surface area contributed by atoms with Crippen LogP contribution in [0, 0.1) is 0 Å². The van der Waals surface area contributed by atoms with Gasteiger partial charge in [-0.3, -0.25) is 9.13 Å². The predicted molar refractivity (Wildman–Crippen MR) is 216 cm³/mol. The van der Waals surface area contributed by atoms with Crippen LogP contribution in [0.4, 0.5) is 0 Å². The monoisotopic (exact) mass is 678 g/mol. The van der Waals surface area contributed by atoms with Crippen LogP contribution in [0.15, 0.2) is 182 Å². The summed E-state index contributed by atoms with van der Waals surface area (Å²) in [4.78, 5) is 15.9. The largest absolute Gasteiger partial charge is 0.316 e. The third kappa shape index (κ3) is 4.56. The SMILES string of the molecule is c1ccc(-c2ccc(-c3nc(-n4c5ccccc5c5ccccc54)nc(-n4c5ccccc5c5ccc6c(ccn6-c6ccccc6)c54)n3)cc2)cc1. The first kappa shape index (κ1) is 29.4. The highest BCUT2D eigenvalue weighted by molar-refractivity contribution is 6.18. The summed E-state index contributed by atoms with van der Waals surface area (Å²) in [6.45, 7) is 0. The molecule has 0 aliphatic rings. The molecule has 0 aliphatic heterocycles. The molecule has 0 aliphatic carbocycles. The van der Waals surface area contributed by atoms with E-state index in [4.69, 9.17) is 15.0 Å². The summed E-state index contributed by atoms with van der Waals surface area (Å²) < 4.78 is 6.64. The van der Waals surface area contributed by atoms with Gasteiger partial charge in [-0.2, -0.15) is 15.0 Å². The van der Waals surface area contributed by atoms with Crippen molar-refractivity contribution in [2.75, 3.05) is 0 Å².